The predicted molar refractivity (Wildman–Crippen MR) is 83.7 cm³/mol. The van der Waals surface area contributed by atoms with Crippen molar-refractivity contribution >= 4 is 27.5 Å². The number of carbonyl (C=O) groups is 1. The van der Waals surface area contributed by atoms with E-state index in [1.807, 2.05) is 11.8 Å². The molecule has 116 valence electrons. The molecule has 2 aliphatic rings. The van der Waals surface area contributed by atoms with Crippen molar-refractivity contribution < 1.29 is 13.2 Å². The average molecular weight is 319 g/mol. The number of rotatable bonds is 3. The monoisotopic (exact) mass is 319 g/mol. The molecule has 2 aliphatic heterocycles. The van der Waals surface area contributed by atoms with Crippen LogP contribution in [0.3, 0.4) is 0 Å². The Morgan fingerprint density at radius 1 is 1.20 bits per heavy atom. The Bertz CT molecular complexity index is 430. The summed E-state index contributed by atoms with van der Waals surface area (Å²) in [6, 6.07) is 0. The fourth-order valence-electron chi connectivity index (χ4n) is 3.01. The predicted octanol–water partition coefficient (Wildman–Crippen LogP) is 1.95. The lowest BCUT2D eigenvalue weighted by atomic mass is 9.98. The first kappa shape index (κ1) is 16.1. The maximum absolute atomic E-state index is 12.4. The van der Waals surface area contributed by atoms with Gasteiger partial charge >= 0.3 is 0 Å². The van der Waals surface area contributed by atoms with E-state index in [4.69, 9.17) is 0 Å². The maximum atomic E-state index is 12.4. The van der Waals surface area contributed by atoms with Crippen molar-refractivity contribution in [3.8, 4) is 0 Å². The molecule has 2 heterocycles. The van der Waals surface area contributed by atoms with Crippen LogP contribution in [0.2, 0.25) is 0 Å². The van der Waals surface area contributed by atoms with E-state index in [9.17, 15) is 13.2 Å². The van der Waals surface area contributed by atoms with Crippen molar-refractivity contribution in [3.05, 3.63) is 0 Å². The normalized spacial score (nSPS) is 26.2. The first-order valence-corrected chi connectivity index (χ1v) is 10.6. The minimum atomic E-state index is -3.05. The smallest absolute Gasteiger partial charge is 0.222 e. The Labute approximate surface area is 126 Å². The van der Waals surface area contributed by atoms with Crippen LogP contribution in [0.1, 0.15) is 38.5 Å². The van der Waals surface area contributed by atoms with Crippen LogP contribution < -0.4 is 0 Å². The zero-order valence-electron chi connectivity index (χ0n) is 12.2. The molecule has 2 saturated heterocycles. The molecule has 0 N–H and O–H groups in total. The van der Waals surface area contributed by atoms with E-state index in [-0.39, 0.29) is 11.2 Å². The number of carbonyl (C=O) groups excluding carboxylic acids is 1. The number of likely N-dealkylation sites (tertiary alicyclic amines) is 1. The molecule has 0 aromatic rings. The topological polar surface area (TPSA) is 54.5 Å². The van der Waals surface area contributed by atoms with E-state index in [2.05, 4.69) is 0 Å². The van der Waals surface area contributed by atoms with Crippen LogP contribution in [0.5, 0.6) is 0 Å². The van der Waals surface area contributed by atoms with Crippen LogP contribution in [0, 0.1) is 5.92 Å². The molecule has 0 radical (unpaired) electrons. The highest BCUT2D eigenvalue weighted by Gasteiger charge is 2.29. The van der Waals surface area contributed by atoms with Gasteiger partial charge in [0.2, 0.25) is 5.91 Å². The maximum Gasteiger partial charge on any atom is 0.222 e. The van der Waals surface area contributed by atoms with Gasteiger partial charge in [-0.05, 0) is 43.1 Å². The second kappa shape index (κ2) is 7.16. The second-order valence-corrected chi connectivity index (χ2v) is 9.60. The van der Waals surface area contributed by atoms with Gasteiger partial charge in [-0.3, -0.25) is 4.79 Å². The van der Waals surface area contributed by atoms with Gasteiger partial charge in [0.1, 0.15) is 0 Å². The molecule has 2 rings (SSSR count). The van der Waals surface area contributed by atoms with Crippen LogP contribution in [0.15, 0.2) is 0 Å². The van der Waals surface area contributed by atoms with Crippen LogP contribution in [-0.2, 0) is 14.6 Å². The molecule has 1 amide bonds. The van der Waals surface area contributed by atoms with Crippen LogP contribution >= 0.6 is 11.8 Å². The minimum Gasteiger partial charge on any atom is -0.341 e. The molecule has 20 heavy (non-hydrogen) atoms. The molecule has 6 heteroatoms. The van der Waals surface area contributed by atoms with E-state index in [1.165, 1.54) is 6.26 Å². The SMILES string of the molecule is CS(=O)(=O)[C@@H]1CCCCN(C(=O)CC2CCSCC2)C1. The van der Waals surface area contributed by atoms with Gasteiger partial charge < -0.3 is 4.90 Å². The third-order valence-corrected chi connectivity index (χ3v) is 7.04. The summed E-state index contributed by atoms with van der Waals surface area (Å²) in [7, 11) is -3.05. The quantitative estimate of drug-likeness (QED) is 0.798. The third-order valence-electron chi connectivity index (χ3n) is 4.39. The molecular weight excluding hydrogens is 294 g/mol. The van der Waals surface area contributed by atoms with Gasteiger partial charge in [0, 0.05) is 25.8 Å². The fourth-order valence-corrected chi connectivity index (χ4v) is 5.26. The zero-order chi connectivity index (χ0) is 14.6. The van der Waals surface area contributed by atoms with E-state index >= 15 is 0 Å². The third kappa shape index (κ3) is 4.65. The number of thioether (sulfide) groups is 1. The summed E-state index contributed by atoms with van der Waals surface area (Å²) in [5.41, 5.74) is 0. The minimum absolute atomic E-state index is 0.164. The number of sulfone groups is 1. The van der Waals surface area contributed by atoms with E-state index in [0.29, 0.717) is 25.3 Å². The van der Waals surface area contributed by atoms with Gasteiger partial charge in [-0.15, -0.1) is 0 Å². The summed E-state index contributed by atoms with van der Waals surface area (Å²) >= 11 is 1.96. The highest BCUT2D eigenvalue weighted by molar-refractivity contribution is 7.99. The van der Waals surface area contributed by atoms with E-state index in [0.717, 1.165) is 43.7 Å². The lowest BCUT2D eigenvalue weighted by Crippen LogP contribution is -2.40. The largest absolute Gasteiger partial charge is 0.341 e. The molecule has 0 bridgehead atoms. The van der Waals surface area contributed by atoms with Crippen molar-refractivity contribution in [3.63, 3.8) is 0 Å². The van der Waals surface area contributed by atoms with Crippen molar-refractivity contribution in [2.24, 2.45) is 5.92 Å². The lowest BCUT2D eigenvalue weighted by Gasteiger charge is -2.27. The summed E-state index contributed by atoms with van der Waals surface area (Å²) < 4.78 is 23.5. The van der Waals surface area contributed by atoms with Crippen molar-refractivity contribution in [2.45, 2.75) is 43.8 Å². The number of amides is 1. The van der Waals surface area contributed by atoms with Gasteiger partial charge in [-0.2, -0.15) is 11.8 Å². The molecule has 0 aromatic heterocycles. The Morgan fingerprint density at radius 2 is 1.90 bits per heavy atom. The highest BCUT2D eigenvalue weighted by Crippen LogP contribution is 2.26. The van der Waals surface area contributed by atoms with Crippen molar-refractivity contribution in [1.82, 2.24) is 4.90 Å². The van der Waals surface area contributed by atoms with Gasteiger partial charge in [0.05, 0.1) is 5.25 Å². The number of hydrogen-bond acceptors (Lipinski definition) is 4. The zero-order valence-corrected chi connectivity index (χ0v) is 13.8. The lowest BCUT2D eigenvalue weighted by molar-refractivity contribution is -0.132. The molecule has 0 unspecified atom stereocenters. The summed E-state index contributed by atoms with van der Waals surface area (Å²) in [6.07, 6.45) is 6.68. The van der Waals surface area contributed by atoms with Gasteiger partial charge in [0.25, 0.3) is 0 Å². The summed E-state index contributed by atoms with van der Waals surface area (Å²) in [5.74, 6) is 2.98. The van der Waals surface area contributed by atoms with Crippen LogP contribution in [0.4, 0.5) is 0 Å². The molecule has 1 atom stereocenters. The van der Waals surface area contributed by atoms with Gasteiger partial charge in [0.15, 0.2) is 9.84 Å². The molecule has 0 spiro atoms. The number of nitrogens with zero attached hydrogens (tertiary/aromatic N) is 1. The molecule has 0 aromatic carbocycles. The summed E-state index contributed by atoms with van der Waals surface area (Å²) in [4.78, 5) is 14.2. The van der Waals surface area contributed by atoms with Gasteiger partial charge in [-0.1, -0.05) is 6.42 Å². The molecular formula is C14H25NO3S2. The van der Waals surface area contributed by atoms with Crippen LogP contribution in [-0.4, -0.2) is 55.3 Å². The van der Waals surface area contributed by atoms with Gasteiger partial charge in [-0.25, -0.2) is 8.42 Å². The van der Waals surface area contributed by atoms with E-state index in [1.54, 1.807) is 4.90 Å². The Hall–Kier alpha value is -0.230. The summed E-state index contributed by atoms with van der Waals surface area (Å²) in [6.45, 7) is 1.13. The Morgan fingerprint density at radius 3 is 2.55 bits per heavy atom. The van der Waals surface area contributed by atoms with E-state index < -0.39 is 9.84 Å². The van der Waals surface area contributed by atoms with Crippen LogP contribution in [0.25, 0.3) is 0 Å². The first-order chi connectivity index (χ1) is 9.47. The first-order valence-electron chi connectivity index (χ1n) is 7.51. The molecule has 0 saturated carbocycles. The highest BCUT2D eigenvalue weighted by atomic mass is 32.2. The molecule has 0 aliphatic carbocycles. The standard InChI is InChI=1S/C14H25NO3S2/c1-20(17,18)13-4-2-3-7-15(11-13)14(16)10-12-5-8-19-9-6-12/h12-13H,2-11H2,1H3/t13-/m1/s1. The summed E-state index contributed by atoms with van der Waals surface area (Å²) in [5, 5.41) is -0.365. The second-order valence-electron chi connectivity index (χ2n) is 6.05. The Balaban J connectivity index is 1.93. The van der Waals surface area contributed by atoms with Crippen molar-refractivity contribution in [1.29, 1.82) is 0 Å². The number of hydrogen-bond donors (Lipinski definition) is 0. The average Bonchev–Trinajstić information content (AvgIpc) is 2.65. The molecule has 4 nitrogen and oxygen atoms in total. The fraction of sp³-hybridized carbons (Fsp3) is 0.929. The Kier molecular flexibility index (Phi) is 5.78. The molecule has 2 fully saturated rings. The van der Waals surface area contributed by atoms with Crippen molar-refractivity contribution in [2.75, 3.05) is 30.9 Å².